The molecule has 0 saturated heterocycles. The highest BCUT2D eigenvalue weighted by Crippen LogP contribution is 2.12. The molecule has 0 saturated carbocycles. The van der Waals surface area contributed by atoms with Crippen LogP contribution in [-0.2, 0) is 0 Å². The van der Waals surface area contributed by atoms with Crippen molar-refractivity contribution in [2.75, 3.05) is 0 Å². The van der Waals surface area contributed by atoms with Crippen LogP contribution in [0.3, 0.4) is 0 Å². The van der Waals surface area contributed by atoms with Gasteiger partial charge in [0.2, 0.25) is 0 Å². The maximum atomic E-state index is 9.54. The molecular formula is C12H11NO. The van der Waals surface area contributed by atoms with Gasteiger partial charge in [0, 0.05) is 5.56 Å². The van der Waals surface area contributed by atoms with Gasteiger partial charge in [0.25, 0.3) is 0 Å². The Morgan fingerprint density at radius 3 is 2.50 bits per heavy atom. The zero-order valence-electron chi connectivity index (χ0n) is 7.94. The summed E-state index contributed by atoms with van der Waals surface area (Å²) in [5, 5.41) is 18.1. The van der Waals surface area contributed by atoms with Gasteiger partial charge in [0.1, 0.15) is 5.76 Å². The van der Waals surface area contributed by atoms with Crippen molar-refractivity contribution >= 4 is 5.76 Å². The van der Waals surface area contributed by atoms with Crippen molar-refractivity contribution in [1.82, 2.24) is 0 Å². The Labute approximate surface area is 83.4 Å². The fourth-order valence-corrected chi connectivity index (χ4v) is 0.999. The summed E-state index contributed by atoms with van der Waals surface area (Å²) in [6.45, 7) is 1.88. The maximum Gasteiger partial charge on any atom is 0.122 e. The van der Waals surface area contributed by atoms with Crippen LogP contribution >= 0.6 is 0 Å². The van der Waals surface area contributed by atoms with Gasteiger partial charge in [-0.05, 0) is 37.3 Å². The number of hydrogen-bond acceptors (Lipinski definition) is 2. The Bertz CT molecular complexity index is 393. The molecule has 70 valence electrons. The van der Waals surface area contributed by atoms with Gasteiger partial charge >= 0.3 is 0 Å². The predicted octanol–water partition coefficient (Wildman–Crippen LogP) is 3.03. The smallest absolute Gasteiger partial charge is 0.122 e. The van der Waals surface area contributed by atoms with Gasteiger partial charge < -0.3 is 5.11 Å². The largest absolute Gasteiger partial charge is 0.507 e. The Morgan fingerprint density at radius 2 is 2.00 bits per heavy atom. The number of aliphatic hydroxyl groups excluding tert-OH is 1. The van der Waals surface area contributed by atoms with Crippen molar-refractivity contribution < 1.29 is 5.11 Å². The molecule has 0 bridgehead atoms. The van der Waals surface area contributed by atoms with Crippen molar-refractivity contribution in [3.05, 3.63) is 53.6 Å². The van der Waals surface area contributed by atoms with Gasteiger partial charge in [-0.3, -0.25) is 0 Å². The first-order chi connectivity index (χ1) is 6.77. The number of allylic oxidation sites excluding steroid dienone is 3. The zero-order valence-corrected chi connectivity index (χ0v) is 7.94. The molecule has 1 N–H and O–H groups in total. The number of aliphatic hydroxyl groups is 1. The van der Waals surface area contributed by atoms with E-state index >= 15 is 0 Å². The Morgan fingerprint density at radius 1 is 1.36 bits per heavy atom. The molecule has 0 aliphatic heterocycles. The van der Waals surface area contributed by atoms with Crippen LogP contribution in [0, 0.1) is 11.3 Å². The van der Waals surface area contributed by atoms with Gasteiger partial charge in [-0.1, -0.05) is 12.2 Å². The summed E-state index contributed by atoms with van der Waals surface area (Å²) in [5.41, 5.74) is 1.30. The quantitative estimate of drug-likeness (QED) is 0.568. The number of benzene rings is 1. The lowest BCUT2D eigenvalue weighted by atomic mass is 10.1. The molecular weight excluding hydrogens is 174 g/mol. The highest BCUT2D eigenvalue weighted by atomic mass is 16.3. The Balaban J connectivity index is 2.93. The van der Waals surface area contributed by atoms with E-state index < -0.39 is 0 Å². The van der Waals surface area contributed by atoms with E-state index in [2.05, 4.69) is 0 Å². The van der Waals surface area contributed by atoms with Gasteiger partial charge in [-0.2, -0.15) is 5.26 Å². The lowest BCUT2D eigenvalue weighted by Gasteiger charge is -1.98. The van der Waals surface area contributed by atoms with E-state index in [0.29, 0.717) is 11.1 Å². The zero-order chi connectivity index (χ0) is 10.4. The third kappa shape index (κ3) is 2.49. The molecule has 1 rings (SSSR count). The maximum absolute atomic E-state index is 9.54. The van der Waals surface area contributed by atoms with E-state index in [9.17, 15) is 5.11 Å². The van der Waals surface area contributed by atoms with Crippen LogP contribution in [0.25, 0.3) is 5.76 Å². The van der Waals surface area contributed by atoms with Crippen LogP contribution in [0.1, 0.15) is 18.1 Å². The first kappa shape index (κ1) is 10.1. The second kappa shape index (κ2) is 4.88. The van der Waals surface area contributed by atoms with E-state index in [-0.39, 0.29) is 5.76 Å². The lowest BCUT2D eigenvalue weighted by Crippen LogP contribution is -1.82. The number of nitriles is 1. The third-order valence-corrected chi connectivity index (χ3v) is 1.76. The van der Waals surface area contributed by atoms with Crippen LogP contribution < -0.4 is 0 Å². The highest BCUT2D eigenvalue weighted by molar-refractivity contribution is 5.60. The van der Waals surface area contributed by atoms with Gasteiger partial charge in [0.05, 0.1) is 11.6 Å². The molecule has 0 amide bonds. The third-order valence-electron chi connectivity index (χ3n) is 1.76. The average Bonchev–Trinajstić information content (AvgIpc) is 2.26. The minimum atomic E-state index is 0.201. The lowest BCUT2D eigenvalue weighted by molar-refractivity contribution is 0.512. The fraction of sp³-hybridized carbons (Fsp3) is 0.0833. The fourth-order valence-electron chi connectivity index (χ4n) is 0.999. The van der Waals surface area contributed by atoms with Crippen molar-refractivity contribution in [3.63, 3.8) is 0 Å². The number of nitrogens with zero attached hydrogens (tertiary/aromatic N) is 1. The summed E-state index contributed by atoms with van der Waals surface area (Å²) in [4.78, 5) is 0. The molecule has 0 aromatic heterocycles. The van der Waals surface area contributed by atoms with Crippen molar-refractivity contribution in [2.45, 2.75) is 6.92 Å². The van der Waals surface area contributed by atoms with Crippen LogP contribution in [0.15, 0.2) is 42.5 Å². The van der Waals surface area contributed by atoms with Crippen molar-refractivity contribution in [2.24, 2.45) is 0 Å². The summed E-state index contributed by atoms with van der Waals surface area (Å²) in [7, 11) is 0. The minimum Gasteiger partial charge on any atom is -0.507 e. The molecule has 0 spiro atoms. The normalized spacial score (nSPS) is 11.6. The van der Waals surface area contributed by atoms with Crippen molar-refractivity contribution in [1.29, 1.82) is 5.26 Å². The molecule has 0 heterocycles. The van der Waals surface area contributed by atoms with Gasteiger partial charge in [0.15, 0.2) is 0 Å². The monoisotopic (exact) mass is 185 g/mol. The second-order valence-electron chi connectivity index (χ2n) is 2.77. The highest BCUT2D eigenvalue weighted by Gasteiger charge is 1.96. The molecule has 2 heteroatoms. The number of hydrogen-bond donors (Lipinski definition) is 1. The summed E-state index contributed by atoms with van der Waals surface area (Å²) in [5.74, 6) is 0.201. The molecule has 1 aromatic rings. The van der Waals surface area contributed by atoms with Crippen LogP contribution in [0.4, 0.5) is 0 Å². The van der Waals surface area contributed by atoms with E-state index in [4.69, 9.17) is 5.26 Å². The molecule has 1 aromatic carbocycles. The number of rotatable bonds is 2. The minimum absolute atomic E-state index is 0.201. The van der Waals surface area contributed by atoms with Crippen molar-refractivity contribution in [3.8, 4) is 6.07 Å². The first-order valence-electron chi connectivity index (χ1n) is 4.30. The van der Waals surface area contributed by atoms with E-state index in [1.165, 1.54) is 0 Å². The van der Waals surface area contributed by atoms with Crippen LogP contribution in [0.5, 0.6) is 0 Å². The molecule has 2 nitrogen and oxygen atoms in total. The molecule has 14 heavy (non-hydrogen) atoms. The molecule has 0 fully saturated rings. The van der Waals surface area contributed by atoms with Gasteiger partial charge in [-0.15, -0.1) is 0 Å². The van der Waals surface area contributed by atoms with Crippen LogP contribution in [-0.4, -0.2) is 5.11 Å². The average molecular weight is 185 g/mol. The topological polar surface area (TPSA) is 44.0 Å². The van der Waals surface area contributed by atoms with E-state index in [1.54, 1.807) is 36.4 Å². The summed E-state index contributed by atoms with van der Waals surface area (Å²) in [6.07, 6.45) is 5.20. The first-order valence-corrected chi connectivity index (χ1v) is 4.30. The summed E-state index contributed by atoms with van der Waals surface area (Å²) < 4.78 is 0. The van der Waals surface area contributed by atoms with E-state index in [0.717, 1.165) is 0 Å². The summed E-state index contributed by atoms with van der Waals surface area (Å²) in [6, 6.07) is 8.80. The van der Waals surface area contributed by atoms with E-state index in [1.807, 2.05) is 19.1 Å². The molecule has 0 aliphatic rings. The van der Waals surface area contributed by atoms with Gasteiger partial charge in [-0.25, -0.2) is 0 Å². The second-order valence-corrected chi connectivity index (χ2v) is 2.77. The SMILES string of the molecule is C/C=C/C=C(\O)c1ccc(C#N)cc1. The molecule has 0 aliphatic carbocycles. The predicted molar refractivity (Wildman–Crippen MR) is 56.6 cm³/mol. The Hall–Kier alpha value is -2.01. The summed E-state index contributed by atoms with van der Waals surface area (Å²) >= 11 is 0. The van der Waals surface area contributed by atoms with Crippen LogP contribution in [0.2, 0.25) is 0 Å². The molecule has 0 atom stereocenters. The standard InChI is InChI=1S/C12H11NO/c1-2-3-4-12(14)11-7-5-10(9-13)6-8-11/h2-8,14H,1H3/b3-2+,12-4-. The molecule has 0 radical (unpaired) electrons. The molecule has 0 unspecified atom stereocenters. The Kier molecular flexibility index (Phi) is 3.51.